The van der Waals surface area contributed by atoms with Crippen molar-refractivity contribution < 1.29 is 0 Å². The number of hydrogen-bond donors (Lipinski definition) is 0. The molecule has 0 fully saturated rings. The Morgan fingerprint density at radius 3 is 0.878 bits per heavy atom. The van der Waals surface area contributed by atoms with E-state index in [1.54, 1.807) is 0 Å². The summed E-state index contributed by atoms with van der Waals surface area (Å²) < 4.78 is 0. The molecule has 12 rings (SSSR count). The number of benzene rings is 12. The first-order valence-electron chi connectivity index (χ1n) is 26.3. The molecule has 0 aliphatic carbocycles. The van der Waals surface area contributed by atoms with Crippen LogP contribution < -0.4 is 9.80 Å². The van der Waals surface area contributed by atoms with Crippen LogP contribution in [0.4, 0.5) is 34.1 Å². The van der Waals surface area contributed by atoms with Gasteiger partial charge in [0.05, 0.1) is 11.4 Å². The molecule has 358 valence electrons. The monoisotopic (exact) mass is 952 g/mol. The molecule has 0 spiro atoms. The molecule has 12 aromatic carbocycles. The van der Waals surface area contributed by atoms with E-state index in [0.29, 0.717) is 0 Å². The molecule has 0 unspecified atom stereocenters. The predicted octanol–water partition coefficient (Wildman–Crippen LogP) is 20.6. The zero-order chi connectivity index (χ0) is 50.5. The average molecular weight is 953 g/mol. The van der Waals surface area contributed by atoms with Gasteiger partial charge in [-0.2, -0.15) is 0 Å². The van der Waals surface area contributed by atoms with Gasteiger partial charge in [-0.25, -0.2) is 0 Å². The van der Waals surface area contributed by atoms with Gasteiger partial charge in [0, 0.05) is 33.5 Å². The van der Waals surface area contributed by atoms with Crippen LogP contribution in [0, 0.1) is 27.7 Å². The van der Waals surface area contributed by atoms with Crippen LogP contribution in [0.2, 0.25) is 0 Å². The third kappa shape index (κ3) is 8.37. The zero-order valence-electron chi connectivity index (χ0n) is 43.2. The zero-order valence-corrected chi connectivity index (χ0v) is 43.2. The van der Waals surface area contributed by atoms with Crippen LogP contribution in [0.25, 0.3) is 76.8 Å². The summed E-state index contributed by atoms with van der Waals surface area (Å²) in [5.74, 6) is 0. The predicted molar refractivity (Wildman–Crippen MR) is 319 cm³/mol. The molecular formula is C72H60N2. The maximum atomic E-state index is 2.50. The molecule has 0 aliphatic heterocycles. The molecule has 0 radical (unpaired) electrons. The first-order valence-corrected chi connectivity index (χ1v) is 26.3. The molecule has 0 amide bonds. The fourth-order valence-electron chi connectivity index (χ4n) is 11.5. The van der Waals surface area contributed by atoms with Gasteiger partial charge in [0.2, 0.25) is 0 Å². The molecule has 2 heteroatoms. The Morgan fingerprint density at radius 1 is 0.284 bits per heavy atom. The Morgan fingerprint density at radius 2 is 0.581 bits per heavy atom. The number of rotatable bonds is 12. The van der Waals surface area contributed by atoms with E-state index in [1.165, 1.54) is 110 Å². The van der Waals surface area contributed by atoms with Crippen molar-refractivity contribution in [2.75, 3.05) is 9.80 Å². The molecule has 0 saturated heterocycles. The van der Waals surface area contributed by atoms with Gasteiger partial charge in [-0.05, 0) is 213 Å². The first kappa shape index (κ1) is 46.4. The van der Waals surface area contributed by atoms with Gasteiger partial charge in [0.1, 0.15) is 0 Å². The van der Waals surface area contributed by atoms with E-state index in [2.05, 4.69) is 282 Å². The van der Waals surface area contributed by atoms with Crippen LogP contribution >= 0.6 is 0 Å². The van der Waals surface area contributed by atoms with E-state index in [0.717, 1.165) is 47.0 Å². The third-order valence-corrected chi connectivity index (χ3v) is 15.5. The highest BCUT2D eigenvalue weighted by molar-refractivity contribution is 6.28. The standard InChI is InChI=1S/C72H60N2/c1-7-51-25-33-59(34-26-51)73(61-43-55(63-21-13-9-17-47(63)3)41-56(44-61)64-22-14-10-18-48(64)4)69-39-31-53-30-38-68-70(40-32-54-29-37-67(69)71(53)72(54)68)74(60-35-27-52(8-2)28-36-60)62-45-57(65-23-15-11-19-49(65)5)42-58(46-62)66-24-16-12-20-50(66)6/h9-46H,7-8H2,1-6H3. The van der Waals surface area contributed by atoms with E-state index < -0.39 is 0 Å². The highest BCUT2D eigenvalue weighted by Crippen LogP contribution is 2.50. The minimum Gasteiger partial charge on any atom is -0.310 e. The van der Waals surface area contributed by atoms with Gasteiger partial charge >= 0.3 is 0 Å². The Balaban J connectivity index is 1.12. The average Bonchev–Trinajstić information content (AvgIpc) is 3.46. The van der Waals surface area contributed by atoms with Gasteiger partial charge in [0.25, 0.3) is 0 Å². The fraction of sp³-hybridized carbons (Fsp3) is 0.111. The van der Waals surface area contributed by atoms with Crippen molar-refractivity contribution >= 4 is 66.4 Å². The molecule has 0 N–H and O–H groups in total. The summed E-state index contributed by atoms with van der Waals surface area (Å²) in [7, 11) is 0. The molecule has 2 nitrogen and oxygen atoms in total. The van der Waals surface area contributed by atoms with Crippen molar-refractivity contribution in [3.63, 3.8) is 0 Å². The molecule has 74 heavy (non-hydrogen) atoms. The van der Waals surface area contributed by atoms with E-state index >= 15 is 0 Å². The second kappa shape index (κ2) is 19.4. The highest BCUT2D eigenvalue weighted by atomic mass is 15.1. The van der Waals surface area contributed by atoms with Crippen LogP contribution in [0.3, 0.4) is 0 Å². The van der Waals surface area contributed by atoms with Crippen molar-refractivity contribution in [3.05, 3.63) is 264 Å². The van der Waals surface area contributed by atoms with E-state index in [-0.39, 0.29) is 0 Å². The Bertz CT molecular complexity index is 3640. The Kier molecular flexibility index (Phi) is 12.1. The van der Waals surface area contributed by atoms with Crippen molar-refractivity contribution in [2.45, 2.75) is 54.4 Å². The van der Waals surface area contributed by atoms with Crippen molar-refractivity contribution in [2.24, 2.45) is 0 Å². The third-order valence-electron chi connectivity index (χ3n) is 15.5. The second-order valence-corrected chi connectivity index (χ2v) is 20.1. The minimum atomic E-state index is 0.977. The quantitative estimate of drug-likeness (QED) is 0.113. The van der Waals surface area contributed by atoms with E-state index in [1.807, 2.05) is 0 Å². The number of hydrogen-bond acceptors (Lipinski definition) is 2. The van der Waals surface area contributed by atoms with E-state index in [4.69, 9.17) is 0 Å². The summed E-state index contributed by atoms with van der Waals surface area (Å²) in [5, 5.41) is 7.38. The molecular weight excluding hydrogens is 893 g/mol. The summed E-state index contributed by atoms with van der Waals surface area (Å²) in [4.78, 5) is 5.00. The number of aryl methyl sites for hydroxylation is 6. The minimum absolute atomic E-state index is 0.977. The molecule has 0 atom stereocenters. The largest absolute Gasteiger partial charge is 0.310 e. The van der Waals surface area contributed by atoms with Crippen molar-refractivity contribution in [1.29, 1.82) is 0 Å². The Hall–Kier alpha value is -8.72. The topological polar surface area (TPSA) is 6.48 Å². The maximum Gasteiger partial charge on any atom is 0.0540 e. The van der Waals surface area contributed by atoms with E-state index in [9.17, 15) is 0 Å². The van der Waals surface area contributed by atoms with Crippen molar-refractivity contribution in [3.8, 4) is 44.5 Å². The molecule has 0 heterocycles. The molecule has 0 aliphatic rings. The highest BCUT2D eigenvalue weighted by Gasteiger charge is 2.24. The van der Waals surface area contributed by atoms with Gasteiger partial charge in [-0.1, -0.05) is 172 Å². The molecule has 0 saturated carbocycles. The summed E-state index contributed by atoms with van der Waals surface area (Å²) in [5.41, 5.74) is 24.1. The summed E-state index contributed by atoms with van der Waals surface area (Å²) in [6, 6.07) is 86.6. The van der Waals surface area contributed by atoms with Gasteiger partial charge < -0.3 is 9.80 Å². The maximum absolute atomic E-state index is 2.50. The lowest BCUT2D eigenvalue weighted by molar-refractivity contribution is 1.14. The van der Waals surface area contributed by atoms with Crippen LogP contribution in [-0.4, -0.2) is 0 Å². The van der Waals surface area contributed by atoms with Gasteiger partial charge in [-0.15, -0.1) is 0 Å². The van der Waals surface area contributed by atoms with Crippen LogP contribution in [0.1, 0.15) is 47.2 Å². The number of nitrogens with zero attached hydrogens (tertiary/aromatic N) is 2. The smallest absolute Gasteiger partial charge is 0.0540 e. The molecule has 0 aromatic heterocycles. The Labute approximate surface area is 436 Å². The molecule has 0 bridgehead atoms. The summed E-state index contributed by atoms with van der Waals surface area (Å²) in [6.07, 6.45) is 1.95. The van der Waals surface area contributed by atoms with Crippen LogP contribution in [-0.2, 0) is 12.8 Å². The lowest BCUT2D eigenvalue weighted by Crippen LogP contribution is -2.12. The summed E-state index contributed by atoms with van der Waals surface area (Å²) >= 11 is 0. The fourth-order valence-corrected chi connectivity index (χ4v) is 11.5. The van der Waals surface area contributed by atoms with Crippen molar-refractivity contribution in [1.82, 2.24) is 0 Å². The SMILES string of the molecule is CCc1ccc(N(c2cc(-c3ccccc3C)cc(-c3ccccc3C)c2)c2ccc3ccc4c(N(c5ccc(CC)cc5)c5cc(-c6ccccc6C)cc(-c6ccccc6C)c5)ccc5ccc2c3c54)cc1. The lowest BCUT2D eigenvalue weighted by atomic mass is 9.90. The van der Waals surface area contributed by atoms with Gasteiger partial charge in [-0.3, -0.25) is 0 Å². The van der Waals surface area contributed by atoms with Crippen LogP contribution in [0.5, 0.6) is 0 Å². The lowest BCUT2D eigenvalue weighted by Gasteiger charge is -2.30. The summed E-state index contributed by atoms with van der Waals surface area (Å²) in [6.45, 7) is 13.3. The number of anilines is 6. The molecule has 12 aromatic rings. The van der Waals surface area contributed by atoms with Crippen LogP contribution in [0.15, 0.2) is 231 Å². The first-order chi connectivity index (χ1) is 36.2. The normalized spacial score (nSPS) is 11.5. The second-order valence-electron chi connectivity index (χ2n) is 20.1. The van der Waals surface area contributed by atoms with Gasteiger partial charge in [0.15, 0.2) is 0 Å².